The molecular weight excluding hydrogens is 578 g/mol. The third kappa shape index (κ3) is 5.73. The summed E-state index contributed by atoms with van der Waals surface area (Å²) in [6.45, 7) is 6.88. The van der Waals surface area contributed by atoms with Crippen LogP contribution in [0.3, 0.4) is 0 Å². The number of aromatic amines is 1. The van der Waals surface area contributed by atoms with Crippen molar-refractivity contribution in [1.82, 2.24) is 19.7 Å². The molecule has 2 aromatic carbocycles. The highest BCUT2D eigenvalue weighted by Gasteiger charge is 2.28. The topological polar surface area (TPSA) is 102 Å². The van der Waals surface area contributed by atoms with Crippen LogP contribution in [0.15, 0.2) is 66.4 Å². The van der Waals surface area contributed by atoms with Gasteiger partial charge in [-0.15, -0.1) is 0 Å². The quantitative estimate of drug-likeness (QED) is 0.269. The van der Waals surface area contributed by atoms with Gasteiger partial charge in [0, 0.05) is 49.5 Å². The highest BCUT2D eigenvalue weighted by Crippen LogP contribution is 2.32. The van der Waals surface area contributed by atoms with Crippen molar-refractivity contribution in [2.24, 2.45) is 0 Å². The van der Waals surface area contributed by atoms with Crippen LogP contribution in [-0.4, -0.2) is 77.0 Å². The standard InChI is InChI=1S/C34H36F2N6O3/c1-21-16-24(45-32-5-3-2-4-26(32)35)6-7-30(21)42-34(37)25(20-38-42)33(43)29-18-22-17-27(36)31(19-28(22)39-29)41-10-8-23(9-11-41)40-12-14-44-15-13-40/h2-5,7,16-20,23-24,39H,6,8-15,37H2,1H3. The van der Waals surface area contributed by atoms with E-state index >= 15 is 4.39 Å². The van der Waals surface area contributed by atoms with E-state index in [9.17, 15) is 9.18 Å². The average Bonchev–Trinajstić information content (AvgIpc) is 3.65. The Morgan fingerprint density at radius 1 is 1.07 bits per heavy atom. The van der Waals surface area contributed by atoms with Crippen molar-refractivity contribution in [2.45, 2.75) is 38.3 Å². The molecule has 4 heterocycles. The van der Waals surface area contributed by atoms with Crippen LogP contribution in [-0.2, 0) is 4.74 Å². The lowest BCUT2D eigenvalue weighted by atomic mass is 10.0. The first-order chi connectivity index (χ1) is 21.9. The Bertz CT molecular complexity index is 1800. The number of para-hydroxylation sites is 1. The lowest BCUT2D eigenvalue weighted by Gasteiger charge is -2.40. The summed E-state index contributed by atoms with van der Waals surface area (Å²) in [5.41, 5.74) is 9.79. The number of ketones is 1. The minimum absolute atomic E-state index is 0.188. The van der Waals surface area contributed by atoms with E-state index in [0.717, 1.165) is 63.5 Å². The van der Waals surface area contributed by atoms with Gasteiger partial charge in [-0.25, -0.2) is 13.5 Å². The molecule has 0 saturated carbocycles. The van der Waals surface area contributed by atoms with Crippen LogP contribution in [0.5, 0.6) is 5.75 Å². The van der Waals surface area contributed by atoms with Crippen molar-refractivity contribution in [1.29, 1.82) is 0 Å². The number of allylic oxidation sites excluding steroid dienone is 2. The third-order valence-corrected chi connectivity index (χ3v) is 9.08. The van der Waals surface area contributed by atoms with E-state index in [1.165, 1.54) is 23.0 Å². The van der Waals surface area contributed by atoms with Gasteiger partial charge in [-0.2, -0.15) is 5.10 Å². The fourth-order valence-electron chi connectivity index (χ4n) is 6.65. The number of ether oxygens (including phenoxy) is 2. The van der Waals surface area contributed by atoms with Crippen LogP contribution in [0.25, 0.3) is 16.6 Å². The Morgan fingerprint density at radius 3 is 2.60 bits per heavy atom. The van der Waals surface area contributed by atoms with Crippen molar-refractivity contribution in [3.05, 3.63) is 89.3 Å². The highest BCUT2D eigenvalue weighted by molar-refractivity contribution is 6.12. The molecule has 2 aromatic heterocycles. The normalized spacial score (nSPS) is 19.9. The number of nitrogens with one attached hydrogen (secondary N) is 1. The predicted octanol–water partition coefficient (Wildman–Crippen LogP) is 5.40. The maximum absolute atomic E-state index is 15.3. The average molecular weight is 615 g/mol. The summed E-state index contributed by atoms with van der Waals surface area (Å²) < 4.78 is 42.2. The van der Waals surface area contributed by atoms with E-state index in [0.29, 0.717) is 34.7 Å². The van der Waals surface area contributed by atoms with Gasteiger partial charge < -0.3 is 25.1 Å². The smallest absolute Gasteiger partial charge is 0.214 e. The maximum Gasteiger partial charge on any atom is 0.214 e. The zero-order valence-electron chi connectivity index (χ0n) is 25.1. The SMILES string of the molecule is CC1=CC(Oc2ccccc2F)CC=C1n1ncc(C(=O)c2cc3cc(F)c(N4CCC(N5CCOCC5)CC4)cc3[nH]2)c1N. The van der Waals surface area contributed by atoms with Crippen LogP contribution in [0.2, 0.25) is 0 Å². The van der Waals surface area contributed by atoms with Crippen LogP contribution in [0.1, 0.15) is 42.2 Å². The lowest BCUT2D eigenvalue weighted by molar-refractivity contribution is 0.0115. The molecule has 45 heavy (non-hydrogen) atoms. The van der Waals surface area contributed by atoms with Gasteiger partial charge in [-0.1, -0.05) is 18.2 Å². The number of halogens is 2. The number of aromatic nitrogens is 3. The summed E-state index contributed by atoms with van der Waals surface area (Å²) in [5, 5.41) is 5.03. The highest BCUT2D eigenvalue weighted by atomic mass is 19.1. The second-order valence-corrected chi connectivity index (χ2v) is 11.9. The van der Waals surface area contributed by atoms with Crippen molar-refractivity contribution in [2.75, 3.05) is 50.0 Å². The molecule has 3 aliphatic rings. The van der Waals surface area contributed by atoms with Crippen molar-refractivity contribution in [3.8, 4) is 5.75 Å². The molecule has 2 saturated heterocycles. The predicted molar refractivity (Wildman–Crippen MR) is 169 cm³/mol. The van der Waals surface area contributed by atoms with Gasteiger partial charge in [-0.05, 0) is 61.7 Å². The zero-order valence-corrected chi connectivity index (χ0v) is 25.1. The Hall–Kier alpha value is -4.48. The van der Waals surface area contributed by atoms with E-state index in [4.69, 9.17) is 15.2 Å². The molecule has 1 aliphatic carbocycles. The minimum atomic E-state index is -0.419. The summed E-state index contributed by atoms with van der Waals surface area (Å²) in [6.07, 6.45) is 7.32. The number of hydrogen-bond donors (Lipinski definition) is 2. The first-order valence-electron chi connectivity index (χ1n) is 15.4. The summed E-state index contributed by atoms with van der Waals surface area (Å²) in [5.74, 6) is -0.670. The van der Waals surface area contributed by atoms with Gasteiger partial charge in [0.15, 0.2) is 11.6 Å². The lowest BCUT2D eigenvalue weighted by Crippen LogP contribution is -2.49. The third-order valence-electron chi connectivity index (χ3n) is 9.08. The number of nitrogens with two attached hydrogens (primary N) is 1. The molecule has 2 aliphatic heterocycles. The van der Waals surface area contributed by atoms with E-state index in [1.54, 1.807) is 30.3 Å². The molecule has 1 unspecified atom stereocenters. The fourth-order valence-corrected chi connectivity index (χ4v) is 6.65. The summed E-state index contributed by atoms with van der Waals surface area (Å²) >= 11 is 0. The Labute approximate surface area is 259 Å². The van der Waals surface area contributed by atoms with Crippen molar-refractivity contribution < 1.29 is 23.0 Å². The van der Waals surface area contributed by atoms with Gasteiger partial charge in [0.1, 0.15) is 17.7 Å². The molecule has 3 N–H and O–H groups in total. The number of piperidine rings is 1. The van der Waals surface area contributed by atoms with Crippen LogP contribution < -0.4 is 15.4 Å². The number of morpholine rings is 1. The summed E-state index contributed by atoms with van der Waals surface area (Å²) in [7, 11) is 0. The van der Waals surface area contributed by atoms with E-state index in [2.05, 4.69) is 19.9 Å². The molecule has 0 amide bonds. The monoisotopic (exact) mass is 614 g/mol. The molecular formula is C34H36F2N6O3. The van der Waals surface area contributed by atoms with Gasteiger partial charge in [0.05, 0.1) is 42.1 Å². The fraction of sp³-hybridized carbons (Fsp3) is 0.353. The van der Waals surface area contributed by atoms with Gasteiger partial charge >= 0.3 is 0 Å². The van der Waals surface area contributed by atoms with Crippen molar-refractivity contribution >= 4 is 33.9 Å². The number of nitrogen functional groups attached to an aromatic ring is 1. The molecule has 1 atom stereocenters. The van der Waals surface area contributed by atoms with E-state index in [1.807, 2.05) is 19.1 Å². The molecule has 234 valence electrons. The molecule has 0 radical (unpaired) electrons. The van der Waals surface area contributed by atoms with E-state index in [-0.39, 0.29) is 34.8 Å². The number of carbonyl (C=O) groups is 1. The second kappa shape index (κ2) is 12.1. The van der Waals surface area contributed by atoms with Crippen molar-refractivity contribution in [3.63, 3.8) is 0 Å². The maximum atomic E-state index is 15.3. The minimum Gasteiger partial charge on any atom is -0.483 e. The summed E-state index contributed by atoms with van der Waals surface area (Å²) in [6, 6.07) is 11.7. The number of fused-ring (bicyclic) bond motifs is 1. The largest absolute Gasteiger partial charge is 0.483 e. The Balaban J connectivity index is 1.06. The molecule has 0 spiro atoms. The van der Waals surface area contributed by atoms with E-state index < -0.39 is 5.82 Å². The Kier molecular flexibility index (Phi) is 7.88. The summed E-state index contributed by atoms with van der Waals surface area (Å²) in [4.78, 5) is 21.4. The number of H-pyrrole nitrogens is 1. The number of carbonyl (C=O) groups excluding carboxylic acids is 1. The molecule has 11 heteroatoms. The Morgan fingerprint density at radius 2 is 1.84 bits per heavy atom. The number of benzene rings is 2. The molecule has 2 fully saturated rings. The van der Waals surface area contributed by atoms with Crippen LogP contribution in [0.4, 0.5) is 20.3 Å². The number of hydrogen-bond acceptors (Lipinski definition) is 7. The number of nitrogens with zero attached hydrogens (tertiary/aromatic N) is 4. The molecule has 0 bridgehead atoms. The second-order valence-electron chi connectivity index (χ2n) is 11.9. The number of rotatable bonds is 7. The molecule has 9 nitrogen and oxygen atoms in total. The van der Waals surface area contributed by atoms with Gasteiger partial charge in [0.2, 0.25) is 5.78 Å². The molecule has 7 rings (SSSR count). The van der Waals surface area contributed by atoms with Crippen LogP contribution >= 0.6 is 0 Å². The van der Waals surface area contributed by atoms with Gasteiger partial charge in [0.25, 0.3) is 0 Å². The number of anilines is 2. The first-order valence-corrected chi connectivity index (χ1v) is 15.4. The van der Waals surface area contributed by atoms with Crippen LogP contribution in [0, 0.1) is 11.6 Å². The first kappa shape index (κ1) is 29.2. The van der Waals surface area contributed by atoms with Gasteiger partial charge in [-0.3, -0.25) is 9.69 Å². The zero-order chi connectivity index (χ0) is 31.1. The molecule has 4 aromatic rings.